The number of hydrogen-bond donors (Lipinski definition) is 0. The number of halogens is 2. The lowest BCUT2D eigenvalue weighted by molar-refractivity contribution is -0.305. The Labute approximate surface area is 115 Å². The Morgan fingerprint density at radius 3 is 2.39 bits per heavy atom. The van der Waals surface area contributed by atoms with E-state index in [0.29, 0.717) is 10.6 Å². The highest BCUT2D eigenvalue weighted by Crippen LogP contribution is 2.23. The van der Waals surface area contributed by atoms with Gasteiger partial charge in [-0.05, 0) is 17.7 Å². The van der Waals surface area contributed by atoms with Crippen LogP contribution in [0.15, 0.2) is 18.2 Å². The van der Waals surface area contributed by atoms with E-state index in [1.165, 1.54) is 12.1 Å². The molecule has 100 valence electrons. The molecule has 0 radical (unpaired) electrons. The summed E-state index contributed by atoms with van der Waals surface area (Å²) in [6.07, 6.45) is 0.924. The molecular formula is C10H10Cl2NO4S-. The molecule has 8 heteroatoms. The third-order valence-corrected chi connectivity index (χ3v) is 4.05. The van der Waals surface area contributed by atoms with Crippen molar-refractivity contribution in [2.75, 3.05) is 12.8 Å². The highest BCUT2D eigenvalue weighted by Gasteiger charge is 2.17. The summed E-state index contributed by atoms with van der Waals surface area (Å²) in [5.74, 6) is -1.47. The molecule has 0 aliphatic heterocycles. The first kappa shape index (κ1) is 15.2. The molecular weight excluding hydrogens is 301 g/mol. The normalized spacial score (nSPS) is 11.8. The zero-order valence-corrected chi connectivity index (χ0v) is 11.7. The van der Waals surface area contributed by atoms with Gasteiger partial charge in [-0.2, -0.15) is 4.31 Å². The number of hydrogen-bond acceptors (Lipinski definition) is 4. The second kappa shape index (κ2) is 5.88. The highest BCUT2D eigenvalue weighted by molar-refractivity contribution is 7.88. The van der Waals surface area contributed by atoms with E-state index in [1.807, 2.05) is 0 Å². The van der Waals surface area contributed by atoms with Crippen LogP contribution in [-0.2, 0) is 21.4 Å². The van der Waals surface area contributed by atoms with Gasteiger partial charge in [0.2, 0.25) is 10.0 Å². The van der Waals surface area contributed by atoms with Crippen molar-refractivity contribution in [3.63, 3.8) is 0 Å². The van der Waals surface area contributed by atoms with Crippen molar-refractivity contribution in [1.29, 1.82) is 0 Å². The van der Waals surface area contributed by atoms with Crippen molar-refractivity contribution in [2.24, 2.45) is 0 Å². The van der Waals surface area contributed by atoms with Crippen molar-refractivity contribution >= 4 is 39.2 Å². The average molecular weight is 311 g/mol. The molecule has 0 amide bonds. The van der Waals surface area contributed by atoms with E-state index < -0.39 is 22.5 Å². The Balaban J connectivity index is 2.96. The number of nitrogens with zero attached hydrogens (tertiary/aromatic N) is 1. The highest BCUT2D eigenvalue weighted by atomic mass is 35.5. The van der Waals surface area contributed by atoms with Crippen LogP contribution in [0.3, 0.4) is 0 Å². The van der Waals surface area contributed by atoms with Crippen LogP contribution in [0.4, 0.5) is 0 Å². The van der Waals surface area contributed by atoms with Gasteiger partial charge in [-0.1, -0.05) is 29.3 Å². The molecule has 5 nitrogen and oxygen atoms in total. The van der Waals surface area contributed by atoms with E-state index in [0.717, 1.165) is 10.6 Å². The van der Waals surface area contributed by atoms with Crippen molar-refractivity contribution in [2.45, 2.75) is 6.54 Å². The van der Waals surface area contributed by atoms with Gasteiger partial charge in [0, 0.05) is 6.54 Å². The summed E-state index contributed by atoms with van der Waals surface area (Å²) in [5, 5.41) is 11.1. The zero-order chi connectivity index (χ0) is 13.9. The second-order valence-corrected chi connectivity index (χ2v) is 6.45. The Kier molecular flexibility index (Phi) is 4.98. The molecule has 0 bridgehead atoms. The summed E-state index contributed by atoms with van der Waals surface area (Å²) in [7, 11) is -3.64. The minimum Gasteiger partial charge on any atom is -0.549 e. The molecule has 0 atom stereocenters. The van der Waals surface area contributed by atoms with Crippen molar-refractivity contribution < 1.29 is 18.3 Å². The zero-order valence-electron chi connectivity index (χ0n) is 9.39. The quantitative estimate of drug-likeness (QED) is 0.793. The van der Waals surface area contributed by atoms with Crippen molar-refractivity contribution in [1.82, 2.24) is 4.31 Å². The molecule has 0 unspecified atom stereocenters. The summed E-state index contributed by atoms with van der Waals surface area (Å²) in [6.45, 7) is -0.817. The SMILES string of the molecule is CS(=O)(=O)N(CC(=O)[O-])Cc1ccc(Cl)c(Cl)c1. The Morgan fingerprint density at radius 1 is 1.33 bits per heavy atom. The molecule has 0 saturated carbocycles. The molecule has 18 heavy (non-hydrogen) atoms. The van der Waals surface area contributed by atoms with E-state index in [1.54, 1.807) is 6.07 Å². The van der Waals surface area contributed by atoms with Gasteiger partial charge in [0.25, 0.3) is 0 Å². The third-order valence-electron chi connectivity index (χ3n) is 2.12. The molecule has 0 heterocycles. The summed E-state index contributed by atoms with van der Waals surface area (Å²) in [6, 6.07) is 4.57. The van der Waals surface area contributed by atoms with Gasteiger partial charge in [-0.15, -0.1) is 0 Å². The van der Waals surface area contributed by atoms with Crippen LogP contribution >= 0.6 is 23.2 Å². The Morgan fingerprint density at radius 2 is 1.94 bits per heavy atom. The van der Waals surface area contributed by atoms with Crippen LogP contribution in [0.2, 0.25) is 10.0 Å². The molecule has 0 aliphatic carbocycles. The molecule has 0 spiro atoms. The van der Waals surface area contributed by atoms with Crippen LogP contribution in [0, 0.1) is 0 Å². The third kappa shape index (κ3) is 4.45. The number of aliphatic carboxylic acids is 1. The van der Waals surface area contributed by atoms with E-state index in [2.05, 4.69) is 0 Å². The number of sulfonamides is 1. The molecule has 0 N–H and O–H groups in total. The largest absolute Gasteiger partial charge is 0.549 e. The first-order valence-electron chi connectivity index (χ1n) is 4.79. The lowest BCUT2D eigenvalue weighted by atomic mass is 10.2. The van der Waals surface area contributed by atoms with Gasteiger partial charge in [-0.3, -0.25) is 0 Å². The molecule has 0 aliphatic rings. The predicted octanol–water partition coefficient (Wildman–Crippen LogP) is 0.505. The van der Waals surface area contributed by atoms with Crippen molar-refractivity contribution in [3.05, 3.63) is 33.8 Å². The monoisotopic (exact) mass is 310 g/mol. The molecule has 1 aromatic carbocycles. The number of carboxylic acid groups (broad SMARTS) is 1. The number of rotatable bonds is 5. The summed E-state index contributed by atoms with van der Waals surface area (Å²) in [4.78, 5) is 10.5. The maximum Gasteiger partial charge on any atom is 0.211 e. The van der Waals surface area contributed by atoms with Crippen LogP contribution in [-0.4, -0.2) is 31.5 Å². The smallest absolute Gasteiger partial charge is 0.211 e. The van der Waals surface area contributed by atoms with Gasteiger partial charge < -0.3 is 9.90 Å². The second-order valence-electron chi connectivity index (χ2n) is 3.65. The topological polar surface area (TPSA) is 77.5 Å². The van der Waals surface area contributed by atoms with Crippen LogP contribution in [0.5, 0.6) is 0 Å². The lowest BCUT2D eigenvalue weighted by Crippen LogP contribution is -2.40. The maximum absolute atomic E-state index is 11.4. The molecule has 0 saturated heterocycles. The Bertz CT molecular complexity index is 559. The minimum absolute atomic E-state index is 0.107. The van der Waals surface area contributed by atoms with E-state index in [9.17, 15) is 18.3 Å². The van der Waals surface area contributed by atoms with E-state index in [-0.39, 0.29) is 11.6 Å². The number of carbonyl (C=O) groups is 1. The fourth-order valence-corrected chi connectivity index (χ4v) is 2.32. The Hall–Kier alpha value is -0.820. The van der Waals surface area contributed by atoms with Gasteiger partial charge >= 0.3 is 0 Å². The predicted molar refractivity (Wildman–Crippen MR) is 66.7 cm³/mol. The van der Waals surface area contributed by atoms with Crippen molar-refractivity contribution in [3.8, 4) is 0 Å². The van der Waals surface area contributed by atoms with Gasteiger partial charge in [0.05, 0.1) is 28.8 Å². The first-order valence-corrected chi connectivity index (χ1v) is 7.39. The van der Waals surface area contributed by atoms with Gasteiger partial charge in [0.15, 0.2) is 0 Å². The van der Waals surface area contributed by atoms with Crippen LogP contribution in [0.1, 0.15) is 5.56 Å². The first-order chi connectivity index (χ1) is 8.20. The van der Waals surface area contributed by atoms with Gasteiger partial charge in [0.1, 0.15) is 0 Å². The molecule has 1 rings (SSSR count). The fraction of sp³-hybridized carbons (Fsp3) is 0.300. The lowest BCUT2D eigenvalue weighted by Gasteiger charge is -2.20. The summed E-state index contributed by atoms with van der Waals surface area (Å²) < 4.78 is 23.6. The minimum atomic E-state index is -3.64. The standard InChI is InChI=1S/C10H11Cl2NO4S/c1-18(16,17)13(6-10(14)15)5-7-2-3-8(11)9(12)4-7/h2-4H,5-6H2,1H3,(H,14,15)/p-1. The van der Waals surface area contributed by atoms with E-state index >= 15 is 0 Å². The van der Waals surface area contributed by atoms with E-state index in [4.69, 9.17) is 23.2 Å². The fourth-order valence-electron chi connectivity index (χ4n) is 1.28. The number of carboxylic acids is 1. The molecule has 0 fully saturated rings. The van der Waals surface area contributed by atoms with Gasteiger partial charge in [-0.25, -0.2) is 8.42 Å². The molecule has 0 aromatic heterocycles. The molecule has 1 aromatic rings. The number of carbonyl (C=O) groups excluding carboxylic acids is 1. The summed E-state index contributed by atoms with van der Waals surface area (Å²) >= 11 is 11.5. The number of benzene rings is 1. The average Bonchev–Trinajstić information content (AvgIpc) is 2.20. The van der Waals surface area contributed by atoms with Crippen LogP contribution < -0.4 is 5.11 Å². The summed E-state index contributed by atoms with van der Waals surface area (Å²) in [5.41, 5.74) is 0.538. The van der Waals surface area contributed by atoms with Crippen LogP contribution in [0.25, 0.3) is 0 Å². The maximum atomic E-state index is 11.4.